The van der Waals surface area contributed by atoms with Gasteiger partial charge in [0, 0.05) is 10.9 Å². The maximum atomic E-state index is 10.7. The first kappa shape index (κ1) is 16.4. The standard InChI is InChI=1S/C17H17BrO4/c18-14-6-8-15(9-7-14)21-11-12-22-16-4-2-1-3-13(16)5-10-17(19)20/h1-4,6-9H,5,10-12H2,(H,19,20). The summed E-state index contributed by atoms with van der Waals surface area (Å²) in [6, 6.07) is 15.1. The molecule has 4 nitrogen and oxygen atoms in total. The number of benzene rings is 2. The summed E-state index contributed by atoms with van der Waals surface area (Å²) in [6.45, 7) is 0.828. The maximum Gasteiger partial charge on any atom is 0.303 e. The Morgan fingerprint density at radius 1 is 1.00 bits per heavy atom. The molecular formula is C17H17BrO4. The van der Waals surface area contributed by atoms with E-state index in [4.69, 9.17) is 14.6 Å². The van der Waals surface area contributed by atoms with Gasteiger partial charge >= 0.3 is 5.97 Å². The molecule has 0 aromatic heterocycles. The normalized spacial score (nSPS) is 10.2. The predicted molar refractivity (Wildman–Crippen MR) is 87.5 cm³/mol. The SMILES string of the molecule is O=C(O)CCc1ccccc1OCCOc1ccc(Br)cc1. The van der Waals surface area contributed by atoms with Crippen LogP contribution in [0.15, 0.2) is 53.0 Å². The Morgan fingerprint density at radius 2 is 1.68 bits per heavy atom. The molecule has 22 heavy (non-hydrogen) atoms. The summed E-state index contributed by atoms with van der Waals surface area (Å²) < 4.78 is 12.3. The second-order valence-electron chi connectivity index (χ2n) is 4.65. The van der Waals surface area contributed by atoms with E-state index in [9.17, 15) is 4.79 Å². The van der Waals surface area contributed by atoms with Gasteiger partial charge in [0.2, 0.25) is 0 Å². The Kier molecular flexibility index (Phi) is 6.27. The number of rotatable bonds is 8. The molecular weight excluding hydrogens is 348 g/mol. The van der Waals surface area contributed by atoms with Crippen molar-refractivity contribution in [2.75, 3.05) is 13.2 Å². The molecule has 0 fully saturated rings. The number of carboxylic acid groups (broad SMARTS) is 1. The molecule has 0 aliphatic heterocycles. The van der Waals surface area contributed by atoms with E-state index >= 15 is 0 Å². The number of ether oxygens (including phenoxy) is 2. The Hall–Kier alpha value is -2.01. The van der Waals surface area contributed by atoms with Crippen LogP contribution in [0.25, 0.3) is 0 Å². The van der Waals surface area contributed by atoms with Crippen LogP contribution in [0.5, 0.6) is 11.5 Å². The molecule has 0 heterocycles. The van der Waals surface area contributed by atoms with Gasteiger partial charge in [0.1, 0.15) is 24.7 Å². The number of hydrogen-bond donors (Lipinski definition) is 1. The van der Waals surface area contributed by atoms with Gasteiger partial charge in [-0.05, 0) is 42.3 Å². The van der Waals surface area contributed by atoms with E-state index in [2.05, 4.69) is 15.9 Å². The molecule has 116 valence electrons. The largest absolute Gasteiger partial charge is 0.490 e. The lowest BCUT2D eigenvalue weighted by Gasteiger charge is -2.11. The summed E-state index contributed by atoms with van der Waals surface area (Å²) in [4.78, 5) is 10.7. The molecule has 0 spiro atoms. The molecule has 2 aromatic rings. The molecule has 0 aliphatic carbocycles. The van der Waals surface area contributed by atoms with Crippen LogP contribution in [0.2, 0.25) is 0 Å². The van der Waals surface area contributed by atoms with E-state index in [0.29, 0.717) is 25.4 Å². The van der Waals surface area contributed by atoms with Gasteiger partial charge in [-0.25, -0.2) is 0 Å². The van der Waals surface area contributed by atoms with Gasteiger partial charge < -0.3 is 14.6 Å². The summed E-state index contributed by atoms with van der Waals surface area (Å²) in [6.07, 6.45) is 0.550. The lowest BCUT2D eigenvalue weighted by molar-refractivity contribution is -0.136. The highest BCUT2D eigenvalue weighted by Crippen LogP contribution is 2.20. The Labute approximate surface area is 137 Å². The summed E-state index contributed by atoms with van der Waals surface area (Å²) in [5.41, 5.74) is 0.897. The van der Waals surface area contributed by atoms with Crippen molar-refractivity contribution in [3.8, 4) is 11.5 Å². The fourth-order valence-corrected chi connectivity index (χ4v) is 2.20. The zero-order valence-electron chi connectivity index (χ0n) is 12.0. The van der Waals surface area contributed by atoms with Crippen LogP contribution in [0.1, 0.15) is 12.0 Å². The van der Waals surface area contributed by atoms with Gasteiger partial charge in [-0.1, -0.05) is 34.1 Å². The minimum absolute atomic E-state index is 0.0930. The van der Waals surface area contributed by atoms with Gasteiger partial charge in [0.05, 0.1) is 0 Å². The average Bonchev–Trinajstić information content (AvgIpc) is 2.52. The fraction of sp³-hybridized carbons (Fsp3) is 0.235. The van der Waals surface area contributed by atoms with E-state index in [-0.39, 0.29) is 6.42 Å². The number of carboxylic acids is 1. The van der Waals surface area contributed by atoms with Crippen LogP contribution < -0.4 is 9.47 Å². The number of aliphatic carboxylic acids is 1. The van der Waals surface area contributed by atoms with Crippen molar-refractivity contribution in [3.05, 3.63) is 58.6 Å². The van der Waals surface area contributed by atoms with Crippen molar-refractivity contribution in [1.82, 2.24) is 0 Å². The molecule has 0 saturated carbocycles. The van der Waals surface area contributed by atoms with Crippen molar-refractivity contribution < 1.29 is 19.4 Å². The molecule has 2 rings (SSSR count). The van der Waals surface area contributed by atoms with Crippen molar-refractivity contribution in [2.45, 2.75) is 12.8 Å². The Bertz CT molecular complexity index is 610. The molecule has 0 aliphatic rings. The first-order valence-corrected chi connectivity index (χ1v) is 7.75. The molecule has 0 unspecified atom stereocenters. The average molecular weight is 365 g/mol. The summed E-state index contributed by atoms with van der Waals surface area (Å²) in [5, 5.41) is 8.76. The van der Waals surface area contributed by atoms with E-state index in [1.807, 2.05) is 48.5 Å². The highest BCUT2D eigenvalue weighted by atomic mass is 79.9. The number of carbonyl (C=O) groups is 1. The third-order valence-electron chi connectivity index (χ3n) is 3.00. The molecule has 0 atom stereocenters. The number of aryl methyl sites for hydroxylation is 1. The predicted octanol–water partition coefficient (Wildman–Crippen LogP) is 3.92. The highest BCUT2D eigenvalue weighted by molar-refractivity contribution is 9.10. The molecule has 5 heteroatoms. The van der Waals surface area contributed by atoms with Crippen LogP contribution in [0.4, 0.5) is 0 Å². The molecule has 0 saturated heterocycles. The minimum atomic E-state index is -0.812. The quantitative estimate of drug-likeness (QED) is 0.721. The van der Waals surface area contributed by atoms with Crippen molar-refractivity contribution >= 4 is 21.9 Å². The van der Waals surface area contributed by atoms with Gasteiger partial charge in [-0.15, -0.1) is 0 Å². The number of para-hydroxylation sites is 1. The third-order valence-corrected chi connectivity index (χ3v) is 3.53. The van der Waals surface area contributed by atoms with Crippen LogP contribution >= 0.6 is 15.9 Å². The molecule has 0 amide bonds. The van der Waals surface area contributed by atoms with Crippen LogP contribution in [-0.2, 0) is 11.2 Å². The number of halogens is 1. The Morgan fingerprint density at radius 3 is 2.41 bits per heavy atom. The van der Waals surface area contributed by atoms with Gasteiger partial charge in [0.25, 0.3) is 0 Å². The third kappa shape index (κ3) is 5.41. The zero-order chi connectivity index (χ0) is 15.8. The van der Waals surface area contributed by atoms with Crippen molar-refractivity contribution in [3.63, 3.8) is 0 Å². The first-order chi connectivity index (χ1) is 10.6. The fourth-order valence-electron chi connectivity index (χ4n) is 1.93. The van der Waals surface area contributed by atoms with Gasteiger partial charge in [-0.3, -0.25) is 4.79 Å². The van der Waals surface area contributed by atoms with Crippen molar-refractivity contribution in [1.29, 1.82) is 0 Å². The van der Waals surface area contributed by atoms with Crippen LogP contribution in [-0.4, -0.2) is 24.3 Å². The second-order valence-corrected chi connectivity index (χ2v) is 5.57. The lowest BCUT2D eigenvalue weighted by Crippen LogP contribution is -2.10. The summed E-state index contributed by atoms with van der Waals surface area (Å²) in [5.74, 6) is 0.683. The molecule has 0 radical (unpaired) electrons. The van der Waals surface area contributed by atoms with E-state index in [0.717, 1.165) is 15.8 Å². The molecule has 2 aromatic carbocycles. The van der Waals surface area contributed by atoms with Crippen LogP contribution in [0, 0.1) is 0 Å². The first-order valence-electron chi connectivity index (χ1n) is 6.96. The topological polar surface area (TPSA) is 55.8 Å². The highest BCUT2D eigenvalue weighted by Gasteiger charge is 2.05. The monoisotopic (exact) mass is 364 g/mol. The number of hydrogen-bond acceptors (Lipinski definition) is 3. The van der Waals surface area contributed by atoms with E-state index in [1.54, 1.807) is 0 Å². The second kappa shape index (κ2) is 8.44. The van der Waals surface area contributed by atoms with Gasteiger partial charge in [-0.2, -0.15) is 0 Å². The smallest absolute Gasteiger partial charge is 0.303 e. The van der Waals surface area contributed by atoms with Gasteiger partial charge in [0.15, 0.2) is 0 Å². The zero-order valence-corrected chi connectivity index (χ0v) is 13.6. The minimum Gasteiger partial charge on any atom is -0.490 e. The van der Waals surface area contributed by atoms with E-state index in [1.165, 1.54) is 0 Å². The molecule has 1 N–H and O–H groups in total. The summed E-state index contributed by atoms with van der Waals surface area (Å²) >= 11 is 3.37. The van der Waals surface area contributed by atoms with Crippen molar-refractivity contribution in [2.24, 2.45) is 0 Å². The summed E-state index contributed by atoms with van der Waals surface area (Å²) in [7, 11) is 0. The van der Waals surface area contributed by atoms with Crippen LogP contribution in [0.3, 0.4) is 0 Å². The Balaban J connectivity index is 1.81. The lowest BCUT2D eigenvalue weighted by atomic mass is 10.1. The maximum absolute atomic E-state index is 10.7. The molecule has 0 bridgehead atoms. The van der Waals surface area contributed by atoms with E-state index < -0.39 is 5.97 Å².